The zero-order valence-electron chi connectivity index (χ0n) is 13.2. The number of thiazole rings is 1. The number of anilines is 1. The second kappa shape index (κ2) is 7.28. The number of aromatic nitrogens is 4. The summed E-state index contributed by atoms with van der Waals surface area (Å²) in [6, 6.07) is 10.1. The molecule has 2 aromatic heterocycles. The number of aryl methyl sites for hydroxylation is 2. The Kier molecular flexibility index (Phi) is 4.92. The Labute approximate surface area is 139 Å². The summed E-state index contributed by atoms with van der Waals surface area (Å²) in [6.45, 7) is 4.16. The van der Waals surface area contributed by atoms with Gasteiger partial charge in [0.05, 0.1) is 11.4 Å². The number of hydrogen-bond acceptors (Lipinski definition) is 6. The Hall–Kier alpha value is -2.34. The first-order valence-corrected chi connectivity index (χ1v) is 8.63. The zero-order chi connectivity index (χ0) is 16.1. The van der Waals surface area contributed by atoms with E-state index < -0.39 is 0 Å². The van der Waals surface area contributed by atoms with Gasteiger partial charge in [0, 0.05) is 11.6 Å². The lowest BCUT2D eigenvalue weighted by Gasteiger charge is -2.17. The minimum atomic E-state index is -0.0739. The average molecular weight is 325 g/mol. The molecule has 0 saturated heterocycles. The first-order valence-electron chi connectivity index (χ1n) is 7.75. The molecule has 5 nitrogen and oxygen atoms in total. The maximum absolute atomic E-state index is 4.63. The summed E-state index contributed by atoms with van der Waals surface area (Å²) in [5, 5.41) is 14.9. The molecule has 1 unspecified atom stereocenters. The zero-order valence-corrected chi connectivity index (χ0v) is 14.0. The van der Waals surface area contributed by atoms with E-state index in [1.165, 1.54) is 0 Å². The molecule has 1 atom stereocenters. The third-order valence-electron chi connectivity index (χ3n) is 3.61. The summed E-state index contributed by atoms with van der Waals surface area (Å²) in [5.41, 5.74) is 3.09. The SMILES string of the molecule is CCc1nnc(NC(c2ccccc2)c2nccs2)nc1CC. The maximum atomic E-state index is 4.63. The van der Waals surface area contributed by atoms with Gasteiger partial charge < -0.3 is 5.32 Å². The second-order valence-electron chi connectivity index (χ2n) is 5.09. The fraction of sp³-hybridized carbons (Fsp3) is 0.294. The highest BCUT2D eigenvalue weighted by Crippen LogP contribution is 2.26. The van der Waals surface area contributed by atoms with E-state index >= 15 is 0 Å². The first-order chi connectivity index (χ1) is 11.3. The van der Waals surface area contributed by atoms with Crippen molar-refractivity contribution in [3.05, 3.63) is 63.9 Å². The lowest BCUT2D eigenvalue weighted by molar-refractivity contribution is 0.800. The van der Waals surface area contributed by atoms with Gasteiger partial charge in [-0.1, -0.05) is 44.2 Å². The molecule has 6 heteroatoms. The Bertz CT molecular complexity index is 743. The Morgan fingerprint density at radius 3 is 2.48 bits per heavy atom. The van der Waals surface area contributed by atoms with Crippen LogP contribution in [0.4, 0.5) is 5.95 Å². The van der Waals surface area contributed by atoms with E-state index in [-0.39, 0.29) is 6.04 Å². The molecule has 0 radical (unpaired) electrons. The Balaban J connectivity index is 1.93. The molecule has 0 amide bonds. The molecule has 0 bridgehead atoms. The Morgan fingerprint density at radius 1 is 1.04 bits per heavy atom. The van der Waals surface area contributed by atoms with Crippen LogP contribution in [0.5, 0.6) is 0 Å². The summed E-state index contributed by atoms with van der Waals surface area (Å²) in [6.07, 6.45) is 3.51. The molecule has 3 aromatic rings. The minimum Gasteiger partial charge on any atom is -0.340 e. The highest BCUT2D eigenvalue weighted by molar-refractivity contribution is 7.09. The fourth-order valence-corrected chi connectivity index (χ4v) is 3.15. The van der Waals surface area contributed by atoms with E-state index in [1.54, 1.807) is 11.3 Å². The van der Waals surface area contributed by atoms with E-state index in [4.69, 9.17) is 0 Å². The first kappa shape index (κ1) is 15.6. The van der Waals surface area contributed by atoms with Gasteiger partial charge in [0.15, 0.2) is 0 Å². The molecule has 23 heavy (non-hydrogen) atoms. The number of benzene rings is 1. The van der Waals surface area contributed by atoms with Crippen LogP contribution in [-0.4, -0.2) is 20.2 Å². The predicted molar refractivity (Wildman–Crippen MR) is 92.6 cm³/mol. The molecular weight excluding hydrogens is 306 g/mol. The van der Waals surface area contributed by atoms with Gasteiger partial charge in [0.1, 0.15) is 11.0 Å². The number of rotatable bonds is 6. The van der Waals surface area contributed by atoms with Crippen LogP contribution in [0.1, 0.15) is 41.8 Å². The lowest BCUT2D eigenvalue weighted by atomic mass is 10.1. The molecule has 2 heterocycles. The molecule has 1 aromatic carbocycles. The van der Waals surface area contributed by atoms with Gasteiger partial charge in [0.2, 0.25) is 5.95 Å². The lowest BCUT2D eigenvalue weighted by Crippen LogP contribution is -2.16. The van der Waals surface area contributed by atoms with E-state index in [2.05, 4.69) is 51.5 Å². The standard InChI is InChI=1S/C17H19N5S/c1-3-13-14(4-2)21-22-17(19-13)20-15(16-18-10-11-23-16)12-8-6-5-7-9-12/h5-11,15H,3-4H2,1-2H3,(H,19,20,22). The van der Waals surface area contributed by atoms with Crippen LogP contribution in [0.25, 0.3) is 0 Å². The van der Waals surface area contributed by atoms with Gasteiger partial charge in [-0.15, -0.1) is 16.4 Å². The maximum Gasteiger partial charge on any atom is 0.243 e. The number of hydrogen-bond donors (Lipinski definition) is 1. The monoisotopic (exact) mass is 325 g/mol. The van der Waals surface area contributed by atoms with Gasteiger partial charge in [-0.3, -0.25) is 0 Å². The summed E-state index contributed by atoms with van der Waals surface area (Å²) < 4.78 is 0. The average Bonchev–Trinajstić information content (AvgIpc) is 3.14. The van der Waals surface area contributed by atoms with Crippen LogP contribution in [0.2, 0.25) is 0 Å². The van der Waals surface area contributed by atoms with Crippen molar-refractivity contribution in [2.45, 2.75) is 32.7 Å². The molecule has 118 valence electrons. The Morgan fingerprint density at radius 2 is 1.83 bits per heavy atom. The molecule has 0 fully saturated rings. The molecule has 1 N–H and O–H groups in total. The normalized spacial score (nSPS) is 12.1. The number of nitrogens with zero attached hydrogens (tertiary/aromatic N) is 4. The third-order valence-corrected chi connectivity index (χ3v) is 4.45. The topological polar surface area (TPSA) is 63.6 Å². The summed E-state index contributed by atoms with van der Waals surface area (Å²) in [7, 11) is 0. The molecule has 3 rings (SSSR count). The molecule has 0 aliphatic carbocycles. The van der Waals surface area contributed by atoms with Crippen molar-refractivity contribution in [1.82, 2.24) is 20.2 Å². The van der Waals surface area contributed by atoms with Crippen LogP contribution >= 0.6 is 11.3 Å². The molecule has 0 aliphatic heterocycles. The van der Waals surface area contributed by atoms with Crippen LogP contribution < -0.4 is 5.32 Å². The van der Waals surface area contributed by atoms with Crippen molar-refractivity contribution < 1.29 is 0 Å². The van der Waals surface area contributed by atoms with Crippen molar-refractivity contribution in [3.63, 3.8) is 0 Å². The quantitative estimate of drug-likeness (QED) is 0.749. The second-order valence-corrected chi connectivity index (χ2v) is 6.02. The van der Waals surface area contributed by atoms with Crippen molar-refractivity contribution in [1.29, 1.82) is 0 Å². The van der Waals surface area contributed by atoms with Gasteiger partial charge in [-0.2, -0.15) is 5.10 Å². The molecule has 0 aliphatic rings. The smallest absolute Gasteiger partial charge is 0.243 e. The van der Waals surface area contributed by atoms with Crippen molar-refractivity contribution in [2.24, 2.45) is 0 Å². The summed E-state index contributed by atoms with van der Waals surface area (Å²) in [4.78, 5) is 9.07. The van der Waals surface area contributed by atoms with Gasteiger partial charge in [-0.05, 0) is 18.4 Å². The number of nitrogens with one attached hydrogen (secondary N) is 1. The van der Waals surface area contributed by atoms with E-state index in [0.29, 0.717) is 5.95 Å². The minimum absolute atomic E-state index is 0.0739. The van der Waals surface area contributed by atoms with E-state index in [1.807, 2.05) is 29.8 Å². The largest absolute Gasteiger partial charge is 0.340 e. The highest BCUT2D eigenvalue weighted by atomic mass is 32.1. The van der Waals surface area contributed by atoms with Gasteiger partial charge in [0.25, 0.3) is 0 Å². The molecular formula is C17H19N5S. The van der Waals surface area contributed by atoms with Crippen LogP contribution in [0.3, 0.4) is 0 Å². The van der Waals surface area contributed by atoms with Gasteiger partial charge >= 0.3 is 0 Å². The fourth-order valence-electron chi connectivity index (χ4n) is 2.44. The summed E-state index contributed by atoms with van der Waals surface area (Å²) in [5.74, 6) is 0.545. The molecule has 0 saturated carbocycles. The predicted octanol–water partition coefficient (Wildman–Crippen LogP) is 3.65. The van der Waals surface area contributed by atoms with Gasteiger partial charge in [-0.25, -0.2) is 9.97 Å². The van der Waals surface area contributed by atoms with Crippen molar-refractivity contribution in [3.8, 4) is 0 Å². The van der Waals surface area contributed by atoms with Crippen LogP contribution in [-0.2, 0) is 12.8 Å². The molecule has 0 spiro atoms. The third kappa shape index (κ3) is 3.53. The summed E-state index contributed by atoms with van der Waals surface area (Å²) >= 11 is 1.61. The van der Waals surface area contributed by atoms with Crippen molar-refractivity contribution >= 4 is 17.3 Å². The van der Waals surface area contributed by atoms with Crippen LogP contribution in [0.15, 0.2) is 41.9 Å². The van der Waals surface area contributed by atoms with E-state index in [0.717, 1.165) is 34.8 Å². The highest BCUT2D eigenvalue weighted by Gasteiger charge is 2.18. The van der Waals surface area contributed by atoms with Crippen molar-refractivity contribution in [2.75, 3.05) is 5.32 Å². The van der Waals surface area contributed by atoms with Crippen LogP contribution in [0, 0.1) is 0 Å². The van der Waals surface area contributed by atoms with E-state index in [9.17, 15) is 0 Å².